The highest BCUT2D eigenvalue weighted by Crippen LogP contribution is 2.30. The van der Waals surface area contributed by atoms with Gasteiger partial charge in [-0.05, 0) is 58.9 Å². The fraction of sp³-hybridized carbons (Fsp3) is 0.238. The maximum absolute atomic E-state index is 14.1. The van der Waals surface area contributed by atoms with Crippen molar-refractivity contribution in [2.45, 2.75) is 37.0 Å². The number of morpholine rings is 1. The number of aryl methyl sites for hydroxylation is 1. The van der Waals surface area contributed by atoms with Gasteiger partial charge in [-0.1, -0.05) is 121 Å². The zero-order valence-electron chi connectivity index (χ0n) is 28.2. The van der Waals surface area contributed by atoms with Gasteiger partial charge in [0.1, 0.15) is 24.5 Å². The van der Waals surface area contributed by atoms with Crippen LogP contribution < -0.4 is 20.7 Å². The van der Waals surface area contributed by atoms with E-state index in [1.54, 1.807) is 0 Å². The molecule has 1 aliphatic heterocycles. The van der Waals surface area contributed by atoms with Crippen LogP contribution in [0.4, 0.5) is 10.5 Å². The minimum atomic E-state index is -0.943. The first-order chi connectivity index (χ1) is 24.6. The van der Waals surface area contributed by atoms with E-state index in [2.05, 4.69) is 40.2 Å². The fourth-order valence-corrected chi connectivity index (χ4v) is 6.38. The summed E-state index contributed by atoms with van der Waals surface area (Å²) in [5.74, 6) is 0.0123. The van der Waals surface area contributed by atoms with Crippen LogP contribution in [0, 0.1) is 0 Å². The van der Waals surface area contributed by atoms with Crippen LogP contribution in [0.1, 0.15) is 29.0 Å². The topological polar surface area (TPSA) is 97.9 Å². The Kier molecular flexibility index (Phi) is 11.9. The number of para-hydroxylation sites is 1. The van der Waals surface area contributed by atoms with E-state index in [-0.39, 0.29) is 18.1 Å². The molecule has 0 bridgehead atoms. The van der Waals surface area contributed by atoms with Crippen LogP contribution in [0.15, 0.2) is 140 Å². The van der Waals surface area contributed by atoms with Gasteiger partial charge in [0.15, 0.2) is 0 Å². The van der Waals surface area contributed by atoms with Crippen LogP contribution in [0.2, 0.25) is 0 Å². The average molecular weight is 670 g/mol. The molecule has 6 rings (SSSR count). The van der Waals surface area contributed by atoms with Crippen molar-refractivity contribution < 1.29 is 23.8 Å². The Morgan fingerprint density at radius 3 is 1.98 bits per heavy atom. The van der Waals surface area contributed by atoms with E-state index in [1.807, 2.05) is 115 Å². The van der Waals surface area contributed by atoms with Crippen LogP contribution in [0.3, 0.4) is 0 Å². The van der Waals surface area contributed by atoms with E-state index in [1.165, 1.54) is 12.7 Å². The van der Waals surface area contributed by atoms with Gasteiger partial charge in [-0.25, -0.2) is 4.79 Å². The lowest BCUT2D eigenvalue weighted by Crippen LogP contribution is -2.48. The number of nitrogens with one attached hydrogen (secondary N) is 3. The molecular weight excluding hydrogens is 626 g/mol. The number of methoxy groups -OCH3 is 1. The predicted octanol–water partition coefficient (Wildman–Crippen LogP) is 7.22. The number of anilines is 1. The molecular formula is C42H43N3O5. The number of carbonyl (C=O) groups is 2. The lowest BCUT2D eigenvalue weighted by molar-refractivity contribution is -0.118. The lowest BCUT2D eigenvalue weighted by atomic mass is 9.84. The number of hydrogen-bond donors (Lipinski definition) is 3. The standard InChI is InChI=1S/C42H43N3O5/c1-48-42(47)45-40(39(33-16-7-3-8-17-33)34-18-9-4-10-19-34)41(46)44-38-20-12-11-15-32(38)23-26-36-27-43-28-37(50-36)29-49-35-24-21-31(22-25-35)30-13-5-2-6-14-30/h2-22,24-25,36-37,39-40,43H,23,26-29H2,1H3,(H,44,46)(H,45,47)/t36-,37+,40?/m1/s1. The molecule has 0 aliphatic carbocycles. The molecule has 8 nitrogen and oxygen atoms in total. The Bertz CT molecular complexity index is 1760. The molecule has 1 fully saturated rings. The van der Waals surface area contributed by atoms with E-state index >= 15 is 0 Å². The third-order valence-corrected chi connectivity index (χ3v) is 8.93. The molecule has 3 N–H and O–H groups in total. The summed E-state index contributed by atoms with van der Waals surface area (Å²) in [6, 6.07) is 44.6. The molecule has 8 heteroatoms. The Hall–Kier alpha value is -5.44. The van der Waals surface area contributed by atoms with Gasteiger partial charge < -0.3 is 30.2 Å². The summed E-state index contributed by atoms with van der Waals surface area (Å²) >= 11 is 0. The summed E-state index contributed by atoms with van der Waals surface area (Å²) < 4.78 is 17.5. The summed E-state index contributed by atoms with van der Waals surface area (Å²) in [5, 5.41) is 9.43. The SMILES string of the molecule is COC(=O)NC(C(=O)Nc1ccccc1CC[C@@H]1CNC[C@@H](COc2ccc(-c3ccccc3)cc2)O1)C(c1ccccc1)c1ccccc1. The van der Waals surface area contributed by atoms with Crippen molar-refractivity contribution in [3.63, 3.8) is 0 Å². The van der Waals surface area contributed by atoms with Gasteiger partial charge in [-0.15, -0.1) is 0 Å². The van der Waals surface area contributed by atoms with Gasteiger partial charge in [0.05, 0.1) is 13.2 Å². The largest absolute Gasteiger partial charge is 0.491 e. The minimum Gasteiger partial charge on any atom is -0.491 e. The van der Waals surface area contributed by atoms with Crippen LogP contribution in [-0.2, 0) is 20.7 Å². The highest BCUT2D eigenvalue weighted by Gasteiger charge is 2.33. The molecule has 0 radical (unpaired) electrons. The van der Waals surface area contributed by atoms with Crippen LogP contribution >= 0.6 is 0 Å². The number of benzene rings is 5. The molecule has 3 atom stereocenters. The van der Waals surface area contributed by atoms with Crippen LogP contribution in [0.25, 0.3) is 11.1 Å². The summed E-state index contributed by atoms with van der Waals surface area (Å²) in [5.41, 5.74) is 5.78. The smallest absolute Gasteiger partial charge is 0.407 e. The van der Waals surface area contributed by atoms with Crippen molar-refractivity contribution in [1.82, 2.24) is 10.6 Å². The third kappa shape index (κ3) is 9.16. The number of alkyl carbamates (subject to hydrolysis) is 1. The van der Waals surface area contributed by atoms with Crippen LogP contribution in [-0.4, -0.2) is 57.1 Å². The third-order valence-electron chi connectivity index (χ3n) is 8.93. The number of rotatable bonds is 13. The zero-order chi connectivity index (χ0) is 34.5. The Morgan fingerprint density at radius 2 is 1.32 bits per heavy atom. The van der Waals surface area contributed by atoms with E-state index in [4.69, 9.17) is 14.2 Å². The first-order valence-corrected chi connectivity index (χ1v) is 17.0. The second kappa shape index (κ2) is 17.3. The summed E-state index contributed by atoms with van der Waals surface area (Å²) in [6.45, 7) is 1.89. The molecule has 5 aromatic rings. The van der Waals surface area contributed by atoms with Crippen molar-refractivity contribution in [2.24, 2.45) is 0 Å². The molecule has 1 aliphatic rings. The molecule has 1 saturated heterocycles. The molecule has 0 spiro atoms. The van der Waals surface area contributed by atoms with Gasteiger partial charge in [0.25, 0.3) is 0 Å². The first-order valence-electron chi connectivity index (χ1n) is 17.0. The highest BCUT2D eigenvalue weighted by atomic mass is 16.5. The molecule has 1 heterocycles. The maximum atomic E-state index is 14.1. The van der Waals surface area contributed by atoms with Gasteiger partial charge in [0, 0.05) is 24.7 Å². The summed E-state index contributed by atoms with van der Waals surface area (Å²) in [4.78, 5) is 26.7. The van der Waals surface area contributed by atoms with E-state index in [9.17, 15) is 9.59 Å². The van der Waals surface area contributed by atoms with E-state index in [0.717, 1.165) is 41.0 Å². The lowest BCUT2D eigenvalue weighted by Gasteiger charge is -2.31. The minimum absolute atomic E-state index is 0.0177. The van der Waals surface area contributed by atoms with Crippen molar-refractivity contribution in [3.05, 3.63) is 156 Å². The van der Waals surface area contributed by atoms with Crippen LogP contribution in [0.5, 0.6) is 5.75 Å². The Morgan fingerprint density at radius 1 is 0.740 bits per heavy atom. The number of hydrogen-bond acceptors (Lipinski definition) is 6. The van der Waals surface area contributed by atoms with Crippen molar-refractivity contribution in [3.8, 4) is 16.9 Å². The maximum Gasteiger partial charge on any atom is 0.407 e. The number of amides is 2. The Labute approximate surface area is 293 Å². The normalized spacial score (nSPS) is 16.3. The number of ether oxygens (including phenoxy) is 3. The molecule has 5 aromatic carbocycles. The van der Waals surface area contributed by atoms with Crippen molar-refractivity contribution in [1.29, 1.82) is 0 Å². The van der Waals surface area contributed by atoms with Crippen molar-refractivity contribution in [2.75, 3.05) is 32.1 Å². The number of carbonyl (C=O) groups excluding carboxylic acids is 2. The van der Waals surface area contributed by atoms with Gasteiger partial charge in [-0.2, -0.15) is 0 Å². The molecule has 2 amide bonds. The van der Waals surface area contributed by atoms with Crippen molar-refractivity contribution >= 4 is 17.7 Å². The predicted molar refractivity (Wildman–Crippen MR) is 196 cm³/mol. The molecule has 1 unspecified atom stereocenters. The monoisotopic (exact) mass is 669 g/mol. The quantitative estimate of drug-likeness (QED) is 0.123. The second-order valence-corrected chi connectivity index (χ2v) is 12.3. The average Bonchev–Trinajstić information content (AvgIpc) is 3.18. The van der Waals surface area contributed by atoms with Gasteiger partial charge in [0.2, 0.25) is 5.91 Å². The second-order valence-electron chi connectivity index (χ2n) is 12.3. The zero-order valence-corrected chi connectivity index (χ0v) is 28.2. The molecule has 0 aromatic heterocycles. The Balaban J connectivity index is 1.09. The molecule has 50 heavy (non-hydrogen) atoms. The molecule has 0 saturated carbocycles. The van der Waals surface area contributed by atoms with Gasteiger partial charge in [-0.3, -0.25) is 4.79 Å². The highest BCUT2D eigenvalue weighted by molar-refractivity contribution is 5.98. The first kappa shape index (κ1) is 34.4. The van der Waals surface area contributed by atoms with E-state index in [0.29, 0.717) is 25.3 Å². The molecule has 256 valence electrons. The van der Waals surface area contributed by atoms with Gasteiger partial charge >= 0.3 is 6.09 Å². The summed E-state index contributed by atoms with van der Waals surface area (Å²) in [7, 11) is 1.29. The van der Waals surface area contributed by atoms with E-state index < -0.39 is 18.1 Å². The fourth-order valence-electron chi connectivity index (χ4n) is 6.38. The summed E-state index contributed by atoms with van der Waals surface area (Å²) in [6.07, 6.45) is 0.655.